The number of benzene rings is 2. The average Bonchev–Trinajstić information content (AvgIpc) is 2.84. The summed E-state index contributed by atoms with van der Waals surface area (Å²) in [7, 11) is 0. The van der Waals surface area contributed by atoms with Gasteiger partial charge in [-0.1, -0.05) is 35.4 Å². The molecule has 37 heavy (non-hydrogen) atoms. The molecular formula is C34H43NO2. The molecule has 1 N–H and O–H groups in total. The summed E-state index contributed by atoms with van der Waals surface area (Å²) in [6.45, 7) is 4.45. The number of aryl methyl sites for hydroxylation is 2. The third-order valence-corrected chi connectivity index (χ3v) is 11.8. The summed E-state index contributed by atoms with van der Waals surface area (Å²) in [6, 6.07) is 13.6. The van der Waals surface area contributed by atoms with E-state index in [4.69, 9.17) is 9.68 Å². The Balaban J connectivity index is 1.05. The highest BCUT2D eigenvalue weighted by molar-refractivity contribution is 5.45. The van der Waals surface area contributed by atoms with Gasteiger partial charge in [-0.25, -0.2) is 0 Å². The van der Waals surface area contributed by atoms with Crippen molar-refractivity contribution >= 4 is 0 Å². The molecule has 196 valence electrons. The van der Waals surface area contributed by atoms with Gasteiger partial charge >= 0.3 is 0 Å². The van der Waals surface area contributed by atoms with Crippen molar-refractivity contribution in [3.05, 3.63) is 58.7 Å². The molecule has 8 bridgehead atoms. The topological polar surface area (TPSA) is 30.5 Å². The van der Waals surface area contributed by atoms with E-state index < -0.39 is 0 Å². The van der Waals surface area contributed by atoms with Crippen LogP contribution in [0.1, 0.15) is 99.3 Å². The van der Waals surface area contributed by atoms with Crippen molar-refractivity contribution in [3.63, 3.8) is 0 Å². The van der Waals surface area contributed by atoms with Gasteiger partial charge in [-0.15, -0.1) is 0 Å². The number of hydrogen-bond donors (Lipinski definition) is 1. The molecule has 2 aromatic carbocycles. The summed E-state index contributed by atoms with van der Waals surface area (Å²) in [4.78, 5) is 12.6. The normalized spacial score (nSPS) is 40.8. The highest BCUT2D eigenvalue weighted by atomic mass is 16.9. The lowest BCUT2D eigenvalue weighted by Crippen LogP contribution is -2.49. The summed E-state index contributed by atoms with van der Waals surface area (Å²) in [5.41, 5.74) is 9.11. The smallest absolute Gasteiger partial charge is 0.155 e. The van der Waals surface area contributed by atoms with Gasteiger partial charge < -0.3 is 9.68 Å². The van der Waals surface area contributed by atoms with E-state index in [-0.39, 0.29) is 0 Å². The van der Waals surface area contributed by atoms with E-state index in [2.05, 4.69) is 55.9 Å². The van der Waals surface area contributed by atoms with Gasteiger partial charge in [0.15, 0.2) is 11.5 Å². The lowest BCUT2D eigenvalue weighted by molar-refractivity contribution is -0.0357. The summed E-state index contributed by atoms with van der Waals surface area (Å²) in [5, 5.41) is 0. The van der Waals surface area contributed by atoms with Crippen LogP contribution in [0.25, 0.3) is 0 Å². The van der Waals surface area contributed by atoms with Crippen LogP contribution in [0.15, 0.2) is 36.4 Å². The molecule has 0 heterocycles. The first-order valence-corrected chi connectivity index (χ1v) is 15.3. The maximum absolute atomic E-state index is 6.32. The predicted molar refractivity (Wildman–Crippen MR) is 146 cm³/mol. The van der Waals surface area contributed by atoms with Crippen LogP contribution in [-0.2, 0) is 10.8 Å². The fourth-order valence-corrected chi connectivity index (χ4v) is 11.3. The van der Waals surface area contributed by atoms with E-state index >= 15 is 0 Å². The minimum absolute atomic E-state index is 0.298. The van der Waals surface area contributed by atoms with Gasteiger partial charge in [-0.2, -0.15) is 0 Å². The molecule has 0 spiro atoms. The molecule has 0 aliphatic heterocycles. The predicted octanol–water partition coefficient (Wildman–Crippen LogP) is 8.12. The highest BCUT2D eigenvalue weighted by Gasteiger charge is 2.54. The van der Waals surface area contributed by atoms with E-state index in [1.54, 1.807) is 0 Å². The first-order valence-electron chi connectivity index (χ1n) is 15.3. The van der Waals surface area contributed by atoms with E-state index in [1.807, 2.05) is 0 Å². The van der Waals surface area contributed by atoms with Gasteiger partial charge in [0.2, 0.25) is 0 Å². The molecule has 8 aliphatic rings. The molecule has 0 radical (unpaired) electrons. The molecular weight excluding hydrogens is 454 g/mol. The highest BCUT2D eigenvalue weighted by Crippen LogP contribution is 2.63. The first kappa shape index (κ1) is 22.9. The Morgan fingerprint density at radius 1 is 0.541 bits per heavy atom. The van der Waals surface area contributed by atoms with Crippen LogP contribution >= 0.6 is 0 Å². The Bertz CT molecular complexity index is 1050. The van der Waals surface area contributed by atoms with Crippen molar-refractivity contribution in [1.29, 1.82) is 0 Å². The van der Waals surface area contributed by atoms with Crippen molar-refractivity contribution in [2.75, 3.05) is 0 Å². The van der Waals surface area contributed by atoms with Gasteiger partial charge in [0.1, 0.15) is 0 Å². The Kier molecular flexibility index (Phi) is 5.11. The molecule has 0 amide bonds. The molecule has 2 aromatic rings. The lowest BCUT2D eigenvalue weighted by Gasteiger charge is -2.57. The van der Waals surface area contributed by atoms with Crippen molar-refractivity contribution in [3.8, 4) is 11.5 Å². The SMILES string of the molecule is Cc1ccc(ONOc2ccc(C)cc2C23CC4CC(CC(C4)C2)C3)c(C23CC4CC(CC(C4)C2)C3)c1. The Morgan fingerprint density at radius 2 is 0.865 bits per heavy atom. The maximum atomic E-state index is 6.32. The standard InChI is InChI=1S/C34H43NO2/c1-21-3-5-31(29(7-21)33-15-23-9-24(16-33)11-25(10-23)17-33)36-35-37-32-6-4-22(2)8-30(32)34-18-26-12-27(19-34)14-28(13-26)20-34/h3-8,23-28,35H,9-20H2,1-2H3. The zero-order chi connectivity index (χ0) is 24.8. The van der Waals surface area contributed by atoms with Gasteiger partial charge in [0.05, 0.1) is 0 Å². The Hall–Kier alpha value is -2.00. The zero-order valence-electron chi connectivity index (χ0n) is 22.7. The van der Waals surface area contributed by atoms with Crippen LogP contribution in [0.2, 0.25) is 0 Å². The van der Waals surface area contributed by atoms with Crippen LogP contribution in [0.4, 0.5) is 0 Å². The quantitative estimate of drug-likeness (QED) is 0.409. The van der Waals surface area contributed by atoms with E-state index in [0.717, 1.165) is 47.0 Å². The summed E-state index contributed by atoms with van der Waals surface area (Å²) >= 11 is 0. The fraction of sp³-hybridized carbons (Fsp3) is 0.647. The molecule has 0 saturated heterocycles. The third-order valence-electron chi connectivity index (χ3n) is 11.8. The largest absolute Gasteiger partial charge is 0.373 e. The number of nitrogens with one attached hydrogen (secondary N) is 1. The Morgan fingerprint density at radius 3 is 1.19 bits per heavy atom. The zero-order valence-corrected chi connectivity index (χ0v) is 22.7. The van der Waals surface area contributed by atoms with Crippen molar-refractivity contribution in [2.24, 2.45) is 35.5 Å². The molecule has 8 fully saturated rings. The van der Waals surface area contributed by atoms with Crippen LogP contribution in [-0.4, -0.2) is 0 Å². The van der Waals surface area contributed by atoms with Crippen molar-refractivity contribution in [1.82, 2.24) is 5.64 Å². The summed E-state index contributed by atoms with van der Waals surface area (Å²) in [5.74, 6) is 7.43. The van der Waals surface area contributed by atoms with Crippen LogP contribution < -0.4 is 15.3 Å². The first-order chi connectivity index (χ1) is 18.0. The van der Waals surface area contributed by atoms with Gasteiger partial charge in [-0.3, -0.25) is 0 Å². The fourth-order valence-electron chi connectivity index (χ4n) is 11.3. The van der Waals surface area contributed by atoms with E-state index in [9.17, 15) is 0 Å². The van der Waals surface area contributed by atoms with Gasteiger partial charge in [0.25, 0.3) is 0 Å². The minimum atomic E-state index is 0.298. The molecule has 0 aromatic heterocycles. The van der Waals surface area contributed by atoms with Gasteiger partial charge in [-0.05, 0) is 149 Å². The minimum Gasteiger partial charge on any atom is -0.373 e. The maximum Gasteiger partial charge on any atom is 0.155 e. The molecule has 0 unspecified atom stereocenters. The van der Waals surface area contributed by atoms with E-state index in [0.29, 0.717) is 10.8 Å². The van der Waals surface area contributed by atoms with Crippen LogP contribution in [0, 0.1) is 49.4 Å². The third kappa shape index (κ3) is 3.78. The van der Waals surface area contributed by atoms with Gasteiger partial charge in [0, 0.05) is 16.8 Å². The van der Waals surface area contributed by atoms with Crippen molar-refractivity contribution in [2.45, 2.75) is 102 Å². The monoisotopic (exact) mass is 497 g/mol. The summed E-state index contributed by atoms with van der Waals surface area (Å²) in [6.07, 6.45) is 16.8. The second-order valence-electron chi connectivity index (χ2n) is 14.7. The second-order valence-corrected chi connectivity index (χ2v) is 14.7. The molecule has 8 saturated carbocycles. The molecule has 10 rings (SSSR count). The van der Waals surface area contributed by atoms with Crippen LogP contribution in [0.5, 0.6) is 11.5 Å². The molecule has 0 atom stereocenters. The Labute approximate surface area is 222 Å². The molecule has 3 heteroatoms. The lowest BCUT2D eigenvalue weighted by atomic mass is 9.48. The summed E-state index contributed by atoms with van der Waals surface area (Å²) < 4.78 is 0. The van der Waals surface area contributed by atoms with E-state index in [1.165, 1.54) is 99.3 Å². The van der Waals surface area contributed by atoms with Crippen LogP contribution in [0.3, 0.4) is 0 Å². The molecule has 8 aliphatic carbocycles. The van der Waals surface area contributed by atoms with Crippen molar-refractivity contribution < 1.29 is 9.68 Å². The second kappa shape index (κ2) is 8.25. The number of hydrogen-bond acceptors (Lipinski definition) is 3. The average molecular weight is 498 g/mol. The number of rotatable bonds is 6. The molecule has 3 nitrogen and oxygen atoms in total.